The molecule has 0 unspecified atom stereocenters. The van der Waals surface area contributed by atoms with Gasteiger partial charge < -0.3 is 9.80 Å². The van der Waals surface area contributed by atoms with Crippen molar-refractivity contribution in [3.05, 3.63) is 105 Å². The molecular weight excluding hydrogens is 602 g/mol. The normalized spacial score (nSPS) is 13.6. The van der Waals surface area contributed by atoms with Crippen molar-refractivity contribution in [2.24, 2.45) is 0 Å². The number of piperazine rings is 1. The summed E-state index contributed by atoms with van der Waals surface area (Å²) < 4.78 is 3.15. The predicted octanol–water partition coefficient (Wildman–Crippen LogP) is 5.02. The predicted molar refractivity (Wildman–Crippen MR) is 147 cm³/mol. The summed E-state index contributed by atoms with van der Waals surface area (Å²) in [6, 6.07) is 21.1. The highest BCUT2D eigenvalue weighted by Gasteiger charge is 2.31. The van der Waals surface area contributed by atoms with Gasteiger partial charge in [-0.05, 0) is 54.6 Å². The molecule has 1 aliphatic heterocycles. The lowest BCUT2D eigenvalue weighted by molar-refractivity contribution is -0.127. The zero-order valence-corrected chi connectivity index (χ0v) is 22.7. The third-order valence-electron chi connectivity index (χ3n) is 6.41. The standard InChI is InChI=1S/C28H21Br2N3O4/c29-20-9-5-18(6-10-20)26(35)31-13-15-32(16-14-31)28(37)25(34)23-17-33(24-4-2-1-3-22(23)24)27(36)19-7-11-21(30)12-8-19/h1-12,17H,13-16H2. The number of carbonyl (C=O) groups is 4. The number of Topliss-reactive ketones (excluding diaryl/α,β-unsaturated/α-hetero) is 1. The lowest BCUT2D eigenvalue weighted by Crippen LogP contribution is -2.52. The first-order valence-corrected chi connectivity index (χ1v) is 13.2. The van der Waals surface area contributed by atoms with Gasteiger partial charge in [0.1, 0.15) is 0 Å². The Hall–Kier alpha value is -3.56. The van der Waals surface area contributed by atoms with Crippen LogP contribution in [0.2, 0.25) is 0 Å². The number of fused-ring (bicyclic) bond motifs is 1. The molecule has 7 nitrogen and oxygen atoms in total. The van der Waals surface area contributed by atoms with Gasteiger partial charge in [0.2, 0.25) is 0 Å². The van der Waals surface area contributed by atoms with Gasteiger partial charge in [-0.3, -0.25) is 23.7 Å². The molecule has 0 radical (unpaired) electrons. The van der Waals surface area contributed by atoms with Gasteiger partial charge >= 0.3 is 0 Å². The molecule has 2 amide bonds. The molecule has 186 valence electrons. The lowest BCUT2D eigenvalue weighted by Gasteiger charge is -2.34. The third kappa shape index (κ3) is 5.01. The Morgan fingerprint density at radius 2 is 1.14 bits per heavy atom. The van der Waals surface area contributed by atoms with Crippen molar-refractivity contribution in [2.45, 2.75) is 0 Å². The maximum atomic E-state index is 13.3. The molecule has 1 fully saturated rings. The zero-order chi connectivity index (χ0) is 26.1. The number of benzene rings is 3. The second-order valence-corrected chi connectivity index (χ2v) is 10.5. The smallest absolute Gasteiger partial charge is 0.295 e. The van der Waals surface area contributed by atoms with Crippen LogP contribution in [-0.2, 0) is 4.79 Å². The SMILES string of the molecule is O=C(C(=O)N1CCN(C(=O)c2ccc(Br)cc2)CC1)c1cn(C(=O)c2ccc(Br)cc2)c2ccccc12. The molecule has 0 spiro atoms. The van der Waals surface area contributed by atoms with Gasteiger partial charge in [-0.15, -0.1) is 0 Å². The number of nitrogens with zero attached hydrogens (tertiary/aromatic N) is 3. The topological polar surface area (TPSA) is 79.7 Å². The number of amides is 2. The Kier molecular flexibility index (Phi) is 7.08. The van der Waals surface area contributed by atoms with Crippen LogP contribution >= 0.6 is 31.9 Å². The fourth-order valence-corrected chi connectivity index (χ4v) is 4.94. The van der Waals surface area contributed by atoms with Crippen molar-refractivity contribution in [3.63, 3.8) is 0 Å². The minimum Gasteiger partial charge on any atom is -0.335 e. The fourth-order valence-electron chi connectivity index (χ4n) is 4.41. The van der Waals surface area contributed by atoms with Crippen LogP contribution in [-0.4, -0.2) is 64.1 Å². The van der Waals surface area contributed by atoms with Crippen molar-refractivity contribution in [1.82, 2.24) is 14.4 Å². The van der Waals surface area contributed by atoms with E-state index in [-0.39, 0.29) is 30.5 Å². The van der Waals surface area contributed by atoms with Crippen molar-refractivity contribution >= 4 is 66.3 Å². The third-order valence-corrected chi connectivity index (χ3v) is 7.46. The molecule has 2 heterocycles. The second-order valence-electron chi connectivity index (χ2n) is 8.66. The van der Waals surface area contributed by atoms with Crippen LogP contribution in [0.4, 0.5) is 0 Å². The van der Waals surface area contributed by atoms with Gasteiger partial charge in [0.05, 0.1) is 11.1 Å². The number of ketones is 1. The van der Waals surface area contributed by atoms with Crippen LogP contribution in [0.25, 0.3) is 10.9 Å². The summed E-state index contributed by atoms with van der Waals surface area (Å²) in [5.74, 6) is -1.73. The minimum absolute atomic E-state index is 0.111. The summed E-state index contributed by atoms with van der Waals surface area (Å²) in [7, 11) is 0. The van der Waals surface area contributed by atoms with E-state index in [0.717, 1.165) is 8.95 Å². The average molecular weight is 623 g/mol. The Morgan fingerprint density at radius 1 is 0.622 bits per heavy atom. The van der Waals surface area contributed by atoms with E-state index in [1.165, 1.54) is 15.7 Å². The molecule has 1 aromatic heterocycles. The number of para-hydroxylation sites is 1. The molecule has 9 heteroatoms. The maximum Gasteiger partial charge on any atom is 0.295 e. The van der Waals surface area contributed by atoms with Crippen LogP contribution in [0.5, 0.6) is 0 Å². The highest BCUT2D eigenvalue weighted by Crippen LogP contribution is 2.24. The van der Waals surface area contributed by atoms with Crippen LogP contribution < -0.4 is 0 Å². The zero-order valence-electron chi connectivity index (χ0n) is 19.6. The van der Waals surface area contributed by atoms with E-state index >= 15 is 0 Å². The van der Waals surface area contributed by atoms with E-state index in [0.29, 0.717) is 35.1 Å². The summed E-state index contributed by atoms with van der Waals surface area (Å²) in [6.45, 7) is 1.17. The number of halogens is 2. The van der Waals surface area contributed by atoms with Crippen molar-refractivity contribution in [3.8, 4) is 0 Å². The molecule has 37 heavy (non-hydrogen) atoms. The Bertz CT molecular complexity index is 1520. The highest BCUT2D eigenvalue weighted by molar-refractivity contribution is 9.10. The Labute approximate surface area is 229 Å². The van der Waals surface area contributed by atoms with Crippen LogP contribution in [0.1, 0.15) is 31.1 Å². The molecular formula is C28H21Br2N3O4. The summed E-state index contributed by atoms with van der Waals surface area (Å²) in [5.41, 5.74) is 1.76. The molecule has 1 saturated heterocycles. The fraction of sp³-hybridized carbons (Fsp3) is 0.143. The van der Waals surface area contributed by atoms with E-state index < -0.39 is 11.7 Å². The van der Waals surface area contributed by atoms with Crippen LogP contribution in [0.3, 0.4) is 0 Å². The average Bonchev–Trinajstić information content (AvgIpc) is 3.32. The summed E-state index contributed by atoms with van der Waals surface area (Å²) in [5, 5.41) is 0.537. The van der Waals surface area contributed by atoms with E-state index in [2.05, 4.69) is 31.9 Å². The number of carbonyl (C=O) groups excluding carboxylic acids is 4. The van der Waals surface area contributed by atoms with Crippen LogP contribution in [0.15, 0.2) is 87.9 Å². The van der Waals surface area contributed by atoms with Gasteiger partial charge in [0.25, 0.3) is 23.5 Å². The van der Waals surface area contributed by atoms with Gasteiger partial charge in [0.15, 0.2) is 0 Å². The maximum absolute atomic E-state index is 13.3. The first-order valence-electron chi connectivity index (χ1n) is 11.6. The van der Waals surface area contributed by atoms with E-state index in [1.54, 1.807) is 65.6 Å². The van der Waals surface area contributed by atoms with E-state index in [9.17, 15) is 19.2 Å². The molecule has 5 rings (SSSR count). The molecule has 0 atom stereocenters. The Balaban J connectivity index is 1.34. The molecule has 3 aromatic carbocycles. The number of hydrogen-bond donors (Lipinski definition) is 0. The first kappa shape index (κ1) is 25.1. The molecule has 0 saturated carbocycles. The second kappa shape index (κ2) is 10.4. The molecule has 0 N–H and O–H groups in total. The van der Waals surface area contributed by atoms with E-state index in [1.807, 2.05) is 12.1 Å². The number of rotatable bonds is 4. The summed E-state index contributed by atoms with van der Waals surface area (Å²) in [6.07, 6.45) is 1.45. The molecule has 0 aliphatic carbocycles. The minimum atomic E-state index is -0.675. The molecule has 4 aromatic rings. The highest BCUT2D eigenvalue weighted by atomic mass is 79.9. The van der Waals surface area contributed by atoms with Crippen LogP contribution in [0, 0.1) is 0 Å². The lowest BCUT2D eigenvalue weighted by atomic mass is 10.1. The van der Waals surface area contributed by atoms with Crippen molar-refractivity contribution in [2.75, 3.05) is 26.2 Å². The summed E-state index contributed by atoms with van der Waals surface area (Å²) >= 11 is 6.73. The van der Waals surface area contributed by atoms with Gasteiger partial charge in [0, 0.05) is 57.8 Å². The van der Waals surface area contributed by atoms with Crippen molar-refractivity contribution < 1.29 is 19.2 Å². The number of aromatic nitrogens is 1. The monoisotopic (exact) mass is 621 g/mol. The first-order chi connectivity index (χ1) is 17.8. The quantitative estimate of drug-likeness (QED) is 0.236. The molecule has 1 aliphatic rings. The van der Waals surface area contributed by atoms with Gasteiger partial charge in [-0.2, -0.15) is 0 Å². The van der Waals surface area contributed by atoms with Gasteiger partial charge in [-0.25, -0.2) is 0 Å². The number of hydrogen-bond acceptors (Lipinski definition) is 4. The summed E-state index contributed by atoms with van der Waals surface area (Å²) in [4.78, 5) is 55.7. The van der Waals surface area contributed by atoms with Gasteiger partial charge in [-0.1, -0.05) is 50.1 Å². The Morgan fingerprint density at radius 3 is 1.73 bits per heavy atom. The largest absolute Gasteiger partial charge is 0.335 e. The van der Waals surface area contributed by atoms with Crippen molar-refractivity contribution in [1.29, 1.82) is 0 Å². The molecule has 0 bridgehead atoms. The van der Waals surface area contributed by atoms with E-state index in [4.69, 9.17) is 0 Å².